The van der Waals surface area contributed by atoms with E-state index in [0.29, 0.717) is 0 Å². The van der Waals surface area contributed by atoms with Crippen LogP contribution in [-0.4, -0.2) is 50.2 Å². The molecule has 0 aliphatic carbocycles. The zero-order valence-corrected chi connectivity index (χ0v) is 15.4. The molecule has 1 rings (SSSR count). The summed E-state index contributed by atoms with van der Waals surface area (Å²) in [4.78, 5) is 6.83. The molecule has 0 amide bonds. The van der Waals surface area contributed by atoms with Gasteiger partial charge in [0.2, 0.25) is 0 Å². The average molecular weight is 320 g/mol. The predicted molar refractivity (Wildman–Crippen MR) is 98.2 cm³/mol. The Labute approximate surface area is 141 Å². The maximum absolute atomic E-state index is 5.20. The lowest BCUT2D eigenvalue weighted by Crippen LogP contribution is -2.40. The zero-order valence-electron chi connectivity index (χ0n) is 15.4. The number of rotatable bonds is 7. The molecule has 0 aliphatic rings. The maximum atomic E-state index is 5.20. The number of hydrogen-bond donors (Lipinski definition) is 2. The molecule has 0 atom stereocenters. The fourth-order valence-corrected chi connectivity index (χ4v) is 2.14. The highest BCUT2D eigenvalue weighted by Crippen LogP contribution is 2.12. The van der Waals surface area contributed by atoms with Gasteiger partial charge < -0.3 is 20.3 Å². The quantitative estimate of drug-likeness (QED) is 0.460. The summed E-state index contributed by atoms with van der Waals surface area (Å²) in [5, 5.41) is 6.80. The molecule has 0 fully saturated rings. The molecule has 130 valence electrons. The van der Waals surface area contributed by atoms with E-state index in [-0.39, 0.29) is 5.54 Å². The average Bonchev–Trinajstić information content (AvgIpc) is 2.50. The molecule has 0 saturated heterocycles. The van der Waals surface area contributed by atoms with E-state index in [9.17, 15) is 0 Å². The van der Waals surface area contributed by atoms with Crippen LogP contribution in [0.4, 0.5) is 0 Å². The van der Waals surface area contributed by atoms with Gasteiger partial charge in [0.05, 0.1) is 13.7 Å². The number of hydrogen-bond acceptors (Lipinski definition) is 3. The molecule has 0 heterocycles. The van der Waals surface area contributed by atoms with Crippen LogP contribution in [0.3, 0.4) is 0 Å². The smallest absolute Gasteiger partial charge is 0.194 e. The minimum Gasteiger partial charge on any atom is -0.497 e. The first-order chi connectivity index (χ1) is 10.9. The van der Waals surface area contributed by atoms with E-state index >= 15 is 0 Å². The van der Waals surface area contributed by atoms with Crippen LogP contribution in [0, 0.1) is 0 Å². The third-order valence-corrected chi connectivity index (χ3v) is 3.30. The minimum atomic E-state index is 0.128. The third kappa shape index (κ3) is 7.88. The van der Waals surface area contributed by atoms with Gasteiger partial charge in [-0.05, 0) is 45.4 Å². The van der Waals surface area contributed by atoms with Crippen molar-refractivity contribution in [3.05, 3.63) is 29.8 Å². The lowest BCUT2D eigenvalue weighted by atomic mass is 10.1. The number of methoxy groups -OCH3 is 1. The SMILES string of the molecule is CCNC(=NCCNC(C)(C)C)N(C)Cc1ccc(OC)cc1. The molecule has 1 aromatic rings. The van der Waals surface area contributed by atoms with Gasteiger partial charge in [-0.15, -0.1) is 0 Å². The Bertz CT molecular complexity index is 477. The first kappa shape index (κ1) is 19.3. The summed E-state index contributed by atoms with van der Waals surface area (Å²) in [5.41, 5.74) is 1.36. The second kappa shape index (κ2) is 9.40. The summed E-state index contributed by atoms with van der Waals surface area (Å²) < 4.78 is 5.20. The fourth-order valence-electron chi connectivity index (χ4n) is 2.14. The summed E-state index contributed by atoms with van der Waals surface area (Å²) in [6, 6.07) is 8.14. The zero-order chi connectivity index (χ0) is 17.3. The van der Waals surface area contributed by atoms with Crippen LogP contribution in [-0.2, 0) is 6.54 Å². The van der Waals surface area contributed by atoms with Gasteiger partial charge in [0.15, 0.2) is 5.96 Å². The predicted octanol–water partition coefficient (Wildman–Crippen LogP) is 2.48. The minimum absolute atomic E-state index is 0.128. The Balaban J connectivity index is 2.59. The van der Waals surface area contributed by atoms with Crippen molar-refractivity contribution in [2.75, 3.05) is 33.8 Å². The summed E-state index contributed by atoms with van der Waals surface area (Å²) in [6.07, 6.45) is 0. The van der Waals surface area contributed by atoms with Gasteiger partial charge in [-0.25, -0.2) is 0 Å². The number of benzene rings is 1. The molecule has 0 bridgehead atoms. The first-order valence-electron chi connectivity index (χ1n) is 8.23. The normalized spacial score (nSPS) is 12.2. The number of ether oxygens (including phenoxy) is 1. The summed E-state index contributed by atoms with van der Waals surface area (Å²) in [7, 11) is 3.74. The molecule has 2 N–H and O–H groups in total. The third-order valence-electron chi connectivity index (χ3n) is 3.30. The second-order valence-corrected chi connectivity index (χ2v) is 6.62. The highest BCUT2D eigenvalue weighted by Gasteiger charge is 2.09. The summed E-state index contributed by atoms with van der Waals surface area (Å²) in [6.45, 7) is 11.9. The molecule has 0 aliphatic heterocycles. The van der Waals surface area contributed by atoms with E-state index in [4.69, 9.17) is 9.73 Å². The Hall–Kier alpha value is -1.75. The topological polar surface area (TPSA) is 48.9 Å². The lowest BCUT2D eigenvalue weighted by Gasteiger charge is -2.23. The molecule has 0 aromatic heterocycles. The maximum Gasteiger partial charge on any atom is 0.194 e. The van der Waals surface area contributed by atoms with E-state index < -0.39 is 0 Å². The van der Waals surface area contributed by atoms with Crippen LogP contribution in [0.5, 0.6) is 5.75 Å². The van der Waals surface area contributed by atoms with Crippen molar-refractivity contribution in [1.82, 2.24) is 15.5 Å². The van der Waals surface area contributed by atoms with Gasteiger partial charge in [-0.3, -0.25) is 4.99 Å². The molecule has 0 radical (unpaired) electrons. The van der Waals surface area contributed by atoms with Crippen LogP contribution < -0.4 is 15.4 Å². The molecular formula is C18H32N4O. The molecule has 23 heavy (non-hydrogen) atoms. The summed E-state index contributed by atoms with van der Waals surface area (Å²) >= 11 is 0. The molecule has 0 spiro atoms. The van der Waals surface area contributed by atoms with Gasteiger partial charge in [-0.2, -0.15) is 0 Å². The van der Waals surface area contributed by atoms with E-state index in [1.54, 1.807) is 7.11 Å². The van der Waals surface area contributed by atoms with Crippen molar-refractivity contribution >= 4 is 5.96 Å². The summed E-state index contributed by atoms with van der Waals surface area (Å²) in [5.74, 6) is 1.81. The van der Waals surface area contributed by atoms with Crippen molar-refractivity contribution in [3.63, 3.8) is 0 Å². The number of guanidine groups is 1. The molecule has 0 saturated carbocycles. The van der Waals surface area contributed by atoms with E-state index in [1.807, 2.05) is 12.1 Å². The Kier molecular flexibility index (Phi) is 7.89. The van der Waals surface area contributed by atoms with Gasteiger partial charge >= 0.3 is 0 Å². The standard InChI is InChI=1S/C18H32N4O/c1-7-19-17(20-12-13-21-18(2,3)4)22(5)14-15-8-10-16(23-6)11-9-15/h8-11,21H,7,12-14H2,1-6H3,(H,19,20). The Morgan fingerprint density at radius 1 is 1.22 bits per heavy atom. The Morgan fingerprint density at radius 3 is 2.39 bits per heavy atom. The first-order valence-corrected chi connectivity index (χ1v) is 8.23. The second-order valence-electron chi connectivity index (χ2n) is 6.62. The van der Waals surface area contributed by atoms with Crippen LogP contribution >= 0.6 is 0 Å². The van der Waals surface area contributed by atoms with Crippen LogP contribution in [0.25, 0.3) is 0 Å². The van der Waals surface area contributed by atoms with Crippen molar-refractivity contribution in [1.29, 1.82) is 0 Å². The lowest BCUT2D eigenvalue weighted by molar-refractivity contribution is 0.414. The monoisotopic (exact) mass is 320 g/mol. The van der Waals surface area contributed by atoms with Gasteiger partial charge in [0.1, 0.15) is 5.75 Å². The molecule has 5 nitrogen and oxygen atoms in total. The molecule has 5 heteroatoms. The highest BCUT2D eigenvalue weighted by molar-refractivity contribution is 5.79. The van der Waals surface area contributed by atoms with Gasteiger partial charge in [0, 0.05) is 32.2 Å². The molecule has 1 aromatic carbocycles. The highest BCUT2D eigenvalue weighted by atomic mass is 16.5. The number of aliphatic imine (C=N–C) groups is 1. The largest absolute Gasteiger partial charge is 0.497 e. The van der Waals surface area contributed by atoms with Crippen LogP contribution in [0.2, 0.25) is 0 Å². The van der Waals surface area contributed by atoms with Crippen molar-refractivity contribution < 1.29 is 4.74 Å². The molecular weight excluding hydrogens is 288 g/mol. The van der Waals surface area contributed by atoms with E-state index in [1.165, 1.54) is 5.56 Å². The van der Waals surface area contributed by atoms with Crippen LogP contribution in [0.15, 0.2) is 29.3 Å². The van der Waals surface area contributed by atoms with Crippen LogP contribution in [0.1, 0.15) is 33.3 Å². The van der Waals surface area contributed by atoms with Gasteiger partial charge in [-0.1, -0.05) is 12.1 Å². The van der Waals surface area contributed by atoms with Gasteiger partial charge in [0.25, 0.3) is 0 Å². The van der Waals surface area contributed by atoms with E-state index in [0.717, 1.165) is 37.9 Å². The van der Waals surface area contributed by atoms with Crippen molar-refractivity contribution in [2.45, 2.75) is 39.8 Å². The fraction of sp³-hybridized carbons (Fsp3) is 0.611. The molecule has 0 unspecified atom stereocenters. The Morgan fingerprint density at radius 2 is 1.87 bits per heavy atom. The van der Waals surface area contributed by atoms with Crippen molar-refractivity contribution in [3.8, 4) is 5.75 Å². The van der Waals surface area contributed by atoms with E-state index in [2.05, 4.69) is 62.4 Å². The van der Waals surface area contributed by atoms with Crippen molar-refractivity contribution in [2.24, 2.45) is 4.99 Å². The number of nitrogens with zero attached hydrogens (tertiary/aromatic N) is 2. The number of nitrogens with one attached hydrogen (secondary N) is 2.